The van der Waals surface area contributed by atoms with Crippen LogP contribution in [0.1, 0.15) is 12.5 Å². The van der Waals surface area contributed by atoms with Crippen molar-refractivity contribution in [3.63, 3.8) is 0 Å². The van der Waals surface area contributed by atoms with Crippen molar-refractivity contribution in [3.8, 4) is 28.6 Å². The van der Waals surface area contributed by atoms with E-state index in [-0.39, 0.29) is 11.7 Å². The summed E-state index contributed by atoms with van der Waals surface area (Å²) in [4.78, 5) is 12.5. The summed E-state index contributed by atoms with van der Waals surface area (Å²) in [5, 5.41) is 13.0. The van der Waals surface area contributed by atoms with Gasteiger partial charge < -0.3 is 14.8 Å². The molecular weight excluding hydrogens is 484 g/mol. The molecule has 1 heterocycles. The number of methoxy groups -OCH3 is 1. The van der Waals surface area contributed by atoms with Gasteiger partial charge in [-0.3, -0.25) is 9.36 Å². The van der Waals surface area contributed by atoms with Crippen LogP contribution < -0.4 is 14.8 Å². The van der Waals surface area contributed by atoms with E-state index in [9.17, 15) is 4.79 Å². The summed E-state index contributed by atoms with van der Waals surface area (Å²) in [6.45, 7) is 2.97. The number of amides is 1. The third-order valence-corrected chi connectivity index (χ3v) is 6.30. The molecule has 0 fully saturated rings. The first-order chi connectivity index (χ1) is 17.1. The Labute approximate surface area is 213 Å². The Morgan fingerprint density at radius 1 is 0.971 bits per heavy atom. The molecule has 3 aromatic carbocycles. The second kappa shape index (κ2) is 11.8. The van der Waals surface area contributed by atoms with Crippen molar-refractivity contribution >= 4 is 29.3 Å². The number of carbonyl (C=O) groups is 1. The number of thioether (sulfide) groups is 1. The minimum atomic E-state index is -0.0971. The third-order valence-electron chi connectivity index (χ3n) is 5.12. The van der Waals surface area contributed by atoms with Crippen molar-refractivity contribution in [3.05, 3.63) is 83.4 Å². The van der Waals surface area contributed by atoms with Gasteiger partial charge in [0.05, 0.1) is 19.5 Å². The lowest BCUT2D eigenvalue weighted by molar-refractivity contribution is -0.118. The second-order valence-corrected chi connectivity index (χ2v) is 8.87. The largest absolute Gasteiger partial charge is 0.497 e. The van der Waals surface area contributed by atoms with Gasteiger partial charge in [-0.25, -0.2) is 0 Å². The lowest BCUT2D eigenvalue weighted by Crippen LogP contribution is -2.24. The fraction of sp³-hybridized carbons (Fsp3) is 0.192. The lowest BCUT2D eigenvalue weighted by Gasteiger charge is -2.12. The molecule has 1 N–H and O–H groups in total. The molecule has 0 aliphatic heterocycles. The first-order valence-corrected chi connectivity index (χ1v) is 12.4. The van der Waals surface area contributed by atoms with Crippen LogP contribution in [0.15, 0.2) is 78.0 Å². The van der Waals surface area contributed by atoms with E-state index < -0.39 is 0 Å². The van der Waals surface area contributed by atoms with Crippen molar-refractivity contribution in [2.75, 3.05) is 19.5 Å². The van der Waals surface area contributed by atoms with Gasteiger partial charge in [0.2, 0.25) is 5.91 Å². The molecule has 0 bridgehead atoms. The molecule has 9 heteroatoms. The van der Waals surface area contributed by atoms with Gasteiger partial charge in [-0.15, -0.1) is 10.2 Å². The zero-order valence-electron chi connectivity index (χ0n) is 19.4. The number of rotatable bonds is 10. The highest BCUT2D eigenvalue weighted by atomic mass is 35.5. The predicted molar refractivity (Wildman–Crippen MR) is 139 cm³/mol. The van der Waals surface area contributed by atoms with Crippen LogP contribution in [0.4, 0.5) is 0 Å². The van der Waals surface area contributed by atoms with E-state index in [1.165, 1.54) is 11.8 Å². The van der Waals surface area contributed by atoms with E-state index in [0.717, 1.165) is 28.3 Å². The van der Waals surface area contributed by atoms with Crippen molar-refractivity contribution in [2.45, 2.75) is 18.6 Å². The molecule has 0 saturated carbocycles. The van der Waals surface area contributed by atoms with Crippen LogP contribution in [0.2, 0.25) is 5.02 Å². The van der Waals surface area contributed by atoms with Gasteiger partial charge in [-0.2, -0.15) is 0 Å². The van der Waals surface area contributed by atoms with Crippen LogP contribution in [0, 0.1) is 0 Å². The van der Waals surface area contributed by atoms with Gasteiger partial charge in [-0.05, 0) is 73.2 Å². The molecule has 0 saturated heterocycles. The summed E-state index contributed by atoms with van der Waals surface area (Å²) in [5.41, 5.74) is 2.72. The van der Waals surface area contributed by atoms with Gasteiger partial charge in [0.15, 0.2) is 11.0 Å². The van der Waals surface area contributed by atoms with E-state index in [1.807, 2.05) is 84.3 Å². The fourth-order valence-electron chi connectivity index (χ4n) is 3.37. The highest BCUT2D eigenvalue weighted by Crippen LogP contribution is 2.29. The molecule has 0 unspecified atom stereocenters. The summed E-state index contributed by atoms with van der Waals surface area (Å²) in [6, 6.07) is 22.7. The van der Waals surface area contributed by atoms with Crippen LogP contribution in [-0.4, -0.2) is 40.1 Å². The van der Waals surface area contributed by atoms with Gasteiger partial charge in [0.1, 0.15) is 11.5 Å². The van der Waals surface area contributed by atoms with Crippen molar-refractivity contribution in [1.29, 1.82) is 0 Å². The van der Waals surface area contributed by atoms with Gasteiger partial charge in [0, 0.05) is 22.8 Å². The zero-order chi connectivity index (χ0) is 24.6. The number of ether oxygens (including phenoxy) is 2. The minimum Gasteiger partial charge on any atom is -0.497 e. The third kappa shape index (κ3) is 6.35. The summed E-state index contributed by atoms with van der Waals surface area (Å²) in [5.74, 6) is 2.32. The van der Waals surface area contributed by atoms with E-state index >= 15 is 0 Å². The maximum atomic E-state index is 12.5. The van der Waals surface area contributed by atoms with Crippen molar-refractivity contribution in [1.82, 2.24) is 20.1 Å². The summed E-state index contributed by atoms with van der Waals surface area (Å²) in [7, 11) is 1.62. The molecule has 0 aliphatic rings. The zero-order valence-corrected chi connectivity index (χ0v) is 21.0. The summed E-state index contributed by atoms with van der Waals surface area (Å²) in [6.07, 6.45) is 0. The number of nitrogens with one attached hydrogen (secondary N) is 1. The van der Waals surface area contributed by atoms with Gasteiger partial charge in [0.25, 0.3) is 0 Å². The van der Waals surface area contributed by atoms with E-state index in [0.29, 0.717) is 29.2 Å². The number of hydrogen-bond donors (Lipinski definition) is 1. The quantitative estimate of drug-likeness (QED) is 0.289. The van der Waals surface area contributed by atoms with Crippen molar-refractivity contribution < 1.29 is 14.3 Å². The molecule has 4 aromatic rings. The number of carbonyl (C=O) groups excluding carboxylic acids is 1. The molecule has 7 nitrogen and oxygen atoms in total. The topological polar surface area (TPSA) is 78.3 Å². The standard InChI is InChI=1S/C26H25ClN4O3S/c1-3-34-23-14-10-21(11-15-23)31-25(19-6-8-20(27)9-7-19)29-30-26(31)35-17-24(32)28-16-18-4-12-22(33-2)13-5-18/h4-15H,3,16-17H2,1-2H3,(H,28,32). The molecule has 1 amide bonds. The Kier molecular flexibility index (Phi) is 8.28. The molecule has 0 spiro atoms. The maximum Gasteiger partial charge on any atom is 0.230 e. The molecule has 0 aliphatic carbocycles. The highest BCUT2D eigenvalue weighted by molar-refractivity contribution is 7.99. The SMILES string of the molecule is CCOc1ccc(-n2c(SCC(=O)NCc3ccc(OC)cc3)nnc2-c2ccc(Cl)cc2)cc1. The van der Waals surface area contributed by atoms with E-state index in [1.54, 1.807) is 7.11 Å². The molecule has 35 heavy (non-hydrogen) atoms. The van der Waals surface area contributed by atoms with Crippen LogP contribution in [0.5, 0.6) is 11.5 Å². The maximum absolute atomic E-state index is 12.5. The average molecular weight is 509 g/mol. The summed E-state index contributed by atoms with van der Waals surface area (Å²) >= 11 is 7.39. The molecule has 0 radical (unpaired) electrons. The van der Waals surface area contributed by atoms with Gasteiger partial charge >= 0.3 is 0 Å². The Morgan fingerprint density at radius 2 is 1.66 bits per heavy atom. The van der Waals surface area contributed by atoms with Crippen LogP contribution in [0.3, 0.4) is 0 Å². The number of nitrogens with zero attached hydrogens (tertiary/aromatic N) is 3. The number of halogens is 1. The monoisotopic (exact) mass is 508 g/mol. The van der Waals surface area contributed by atoms with Crippen LogP contribution in [0.25, 0.3) is 17.1 Å². The Balaban J connectivity index is 1.51. The van der Waals surface area contributed by atoms with Crippen LogP contribution in [-0.2, 0) is 11.3 Å². The lowest BCUT2D eigenvalue weighted by atomic mass is 10.2. The molecule has 4 rings (SSSR count). The summed E-state index contributed by atoms with van der Waals surface area (Å²) < 4.78 is 12.7. The van der Waals surface area contributed by atoms with E-state index in [2.05, 4.69) is 15.5 Å². The number of benzene rings is 3. The normalized spacial score (nSPS) is 10.7. The molecule has 1 aromatic heterocycles. The second-order valence-electron chi connectivity index (χ2n) is 7.49. The van der Waals surface area contributed by atoms with Crippen molar-refractivity contribution in [2.24, 2.45) is 0 Å². The number of hydrogen-bond acceptors (Lipinski definition) is 6. The Morgan fingerprint density at radius 3 is 2.31 bits per heavy atom. The first kappa shape index (κ1) is 24.6. The Bertz CT molecular complexity index is 1260. The van der Waals surface area contributed by atoms with Crippen LogP contribution >= 0.6 is 23.4 Å². The fourth-order valence-corrected chi connectivity index (χ4v) is 4.27. The van der Waals surface area contributed by atoms with E-state index in [4.69, 9.17) is 21.1 Å². The predicted octanol–water partition coefficient (Wildman–Crippen LogP) is 5.40. The average Bonchev–Trinajstić information content (AvgIpc) is 3.31. The van der Waals surface area contributed by atoms with Gasteiger partial charge in [-0.1, -0.05) is 35.5 Å². The molecule has 0 atom stereocenters. The smallest absolute Gasteiger partial charge is 0.230 e. The Hall–Kier alpha value is -3.49. The number of aromatic nitrogens is 3. The minimum absolute atomic E-state index is 0.0971. The first-order valence-electron chi connectivity index (χ1n) is 11.0. The molecular formula is C26H25ClN4O3S. The molecule has 180 valence electrons. The highest BCUT2D eigenvalue weighted by Gasteiger charge is 2.17.